The molecule has 1 aliphatic heterocycles. The van der Waals surface area contributed by atoms with Crippen LogP contribution in [0.4, 0.5) is 18.9 Å². The Hall–Kier alpha value is -1.69. The molecule has 1 heterocycles. The first-order valence-electron chi connectivity index (χ1n) is 6.43. The third-order valence-electron chi connectivity index (χ3n) is 3.26. The van der Waals surface area contributed by atoms with E-state index < -0.39 is 18.2 Å². The lowest BCUT2D eigenvalue weighted by Gasteiger charge is -2.35. The lowest BCUT2D eigenvalue weighted by atomic mass is 10.2. The van der Waals surface area contributed by atoms with Gasteiger partial charge in [-0.15, -0.1) is 6.58 Å². The van der Waals surface area contributed by atoms with Crippen LogP contribution in [0.25, 0.3) is 0 Å². The minimum Gasteiger partial charge on any atom is -0.432 e. The maximum absolute atomic E-state index is 14.1. The Balaban J connectivity index is 2.08. The summed E-state index contributed by atoms with van der Waals surface area (Å²) in [4.78, 5) is 4.04. The van der Waals surface area contributed by atoms with E-state index in [0.29, 0.717) is 18.8 Å². The molecule has 0 N–H and O–H groups in total. The van der Waals surface area contributed by atoms with E-state index in [4.69, 9.17) is 0 Å². The van der Waals surface area contributed by atoms with Crippen molar-refractivity contribution in [2.75, 3.05) is 37.6 Å². The Bertz CT molecular complexity index is 460. The first-order chi connectivity index (χ1) is 9.61. The molecule has 0 radical (unpaired) electrons. The van der Waals surface area contributed by atoms with Crippen LogP contribution in [0, 0.1) is 5.82 Å². The molecule has 0 spiro atoms. The van der Waals surface area contributed by atoms with Crippen molar-refractivity contribution < 1.29 is 17.9 Å². The summed E-state index contributed by atoms with van der Waals surface area (Å²) in [5.41, 5.74) is 0.307. The quantitative estimate of drug-likeness (QED) is 0.774. The maximum Gasteiger partial charge on any atom is 0.387 e. The molecule has 20 heavy (non-hydrogen) atoms. The summed E-state index contributed by atoms with van der Waals surface area (Å²) in [6.45, 7) is 4.30. The van der Waals surface area contributed by atoms with E-state index in [1.165, 1.54) is 12.1 Å². The zero-order chi connectivity index (χ0) is 14.5. The fourth-order valence-electron chi connectivity index (χ4n) is 2.28. The molecule has 1 saturated heterocycles. The summed E-state index contributed by atoms with van der Waals surface area (Å²) in [5.74, 6) is -1.14. The van der Waals surface area contributed by atoms with Crippen LogP contribution >= 0.6 is 0 Å². The van der Waals surface area contributed by atoms with Gasteiger partial charge in [0.1, 0.15) is 0 Å². The molecule has 0 bridgehead atoms. The molecule has 110 valence electrons. The number of rotatable bonds is 5. The van der Waals surface area contributed by atoms with Crippen LogP contribution in [0.3, 0.4) is 0 Å². The standard InChI is InChI=1S/C14H17F3N2O/c1-2-6-18-7-9-19(10-8-18)11-4-3-5-12(13(11)15)20-14(16)17/h2-5,14H,1,6-10H2. The molecule has 1 fully saturated rings. The van der Waals surface area contributed by atoms with Gasteiger partial charge >= 0.3 is 6.61 Å². The van der Waals surface area contributed by atoms with E-state index in [2.05, 4.69) is 16.2 Å². The van der Waals surface area contributed by atoms with Crippen molar-refractivity contribution in [3.05, 3.63) is 36.7 Å². The third-order valence-corrected chi connectivity index (χ3v) is 3.26. The number of ether oxygens (including phenoxy) is 1. The molecular weight excluding hydrogens is 269 g/mol. The van der Waals surface area contributed by atoms with Crippen molar-refractivity contribution in [3.63, 3.8) is 0 Å². The Labute approximate surface area is 116 Å². The second kappa shape index (κ2) is 6.65. The number of hydrogen-bond donors (Lipinski definition) is 0. The average Bonchev–Trinajstić information content (AvgIpc) is 2.42. The second-order valence-corrected chi connectivity index (χ2v) is 4.54. The van der Waals surface area contributed by atoms with Gasteiger partial charge in [-0.25, -0.2) is 4.39 Å². The lowest BCUT2D eigenvalue weighted by molar-refractivity contribution is -0.0521. The van der Waals surface area contributed by atoms with Crippen molar-refractivity contribution in [2.45, 2.75) is 6.61 Å². The molecule has 0 aliphatic carbocycles. The third kappa shape index (κ3) is 3.45. The topological polar surface area (TPSA) is 15.7 Å². The van der Waals surface area contributed by atoms with Crippen molar-refractivity contribution in [2.24, 2.45) is 0 Å². The normalized spacial score (nSPS) is 16.5. The number of piperazine rings is 1. The second-order valence-electron chi connectivity index (χ2n) is 4.54. The van der Waals surface area contributed by atoms with Gasteiger partial charge in [0.15, 0.2) is 11.6 Å². The summed E-state index contributed by atoms with van der Waals surface area (Å²) < 4.78 is 42.7. The molecule has 1 aromatic carbocycles. The molecule has 6 heteroatoms. The number of alkyl halides is 2. The molecule has 0 amide bonds. The first-order valence-corrected chi connectivity index (χ1v) is 6.43. The molecular formula is C14H17F3N2O. The van der Waals surface area contributed by atoms with Crippen molar-refractivity contribution in [3.8, 4) is 5.75 Å². The molecule has 0 saturated carbocycles. The minimum absolute atomic E-state index is 0.307. The highest BCUT2D eigenvalue weighted by Crippen LogP contribution is 2.29. The number of anilines is 1. The summed E-state index contributed by atoms with van der Waals surface area (Å²) in [6, 6.07) is 4.31. The van der Waals surface area contributed by atoms with Crippen LogP contribution in [-0.4, -0.2) is 44.2 Å². The van der Waals surface area contributed by atoms with Gasteiger partial charge in [0.2, 0.25) is 0 Å². The monoisotopic (exact) mass is 286 g/mol. The van der Waals surface area contributed by atoms with Crippen LogP contribution in [0.1, 0.15) is 0 Å². The van der Waals surface area contributed by atoms with Crippen molar-refractivity contribution >= 4 is 5.69 Å². The molecule has 2 rings (SSSR count). The Kier molecular flexibility index (Phi) is 4.89. The number of halogens is 3. The zero-order valence-electron chi connectivity index (χ0n) is 11.1. The summed E-state index contributed by atoms with van der Waals surface area (Å²) >= 11 is 0. The Morgan fingerprint density at radius 1 is 1.25 bits per heavy atom. The predicted molar refractivity (Wildman–Crippen MR) is 71.9 cm³/mol. The van der Waals surface area contributed by atoms with Gasteiger partial charge in [-0.1, -0.05) is 12.1 Å². The van der Waals surface area contributed by atoms with Crippen LogP contribution in [0.15, 0.2) is 30.9 Å². The number of nitrogens with zero attached hydrogens (tertiary/aromatic N) is 2. The van der Waals surface area contributed by atoms with Crippen LogP contribution in [0.2, 0.25) is 0 Å². The smallest absolute Gasteiger partial charge is 0.387 e. The van der Waals surface area contributed by atoms with E-state index >= 15 is 0 Å². The Morgan fingerprint density at radius 2 is 1.95 bits per heavy atom. The molecule has 0 aromatic heterocycles. The maximum atomic E-state index is 14.1. The van der Waals surface area contributed by atoms with E-state index in [1.807, 2.05) is 11.0 Å². The van der Waals surface area contributed by atoms with Crippen LogP contribution in [-0.2, 0) is 0 Å². The molecule has 1 aromatic rings. The largest absolute Gasteiger partial charge is 0.432 e. The van der Waals surface area contributed by atoms with Gasteiger partial charge in [0, 0.05) is 32.7 Å². The van der Waals surface area contributed by atoms with Gasteiger partial charge in [0.25, 0.3) is 0 Å². The van der Waals surface area contributed by atoms with Gasteiger partial charge in [0.05, 0.1) is 5.69 Å². The highest BCUT2D eigenvalue weighted by molar-refractivity contribution is 5.53. The van der Waals surface area contributed by atoms with Gasteiger partial charge < -0.3 is 9.64 Å². The highest BCUT2D eigenvalue weighted by atomic mass is 19.3. The van der Waals surface area contributed by atoms with Gasteiger partial charge in [-0.3, -0.25) is 4.90 Å². The van der Waals surface area contributed by atoms with E-state index in [9.17, 15) is 13.2 Å². The summed E-state index contributed by atoms with van der Waals surface area (Å²) in [5, 5.41) is 0. The molecule has 0 unspecified atom stereocenters. The lowest BCUT2D eigenvalue weighted by Crippen LogP contribution is -2.46. The van der Waals surface area contributed by atoms with Crippen molar-refractivity contribution in [1.29, 1.82) is 0 Å². The predicted octanol–water partition coefficient (Wildman–Crippen LogP) is 2.74. The first kappa shape index (κ1) is 14.7. The van der Waals surface area contributed by atoms with Crippen LogP contribution < -0.4 is 9.64 Å². The highest BCUT2D eigenvalue weighted by Gasteiger charge is 2.21. The molecule has 1 aliphatic rings. The van der Waals surface area contributed by atoms with Gasteiger partial charge in [-0.2, -0.15) is 8.78 Å². The van der Waals surface area contributed by atoms with E-state index in [0.717, 1.165) is 19.6 Å². The minimum atomic E-state index is -3.02. The van der Waals surface area contributed by atoms with E-state index in [1.54, 1.807) is 6.07 Å². The summed E-state index contributed by atoms with van der Waals surface area (Å²) in [6.07, 6.45) is 1.83. The van der Waals surface area contributed by atoms with E-state index in [-0.39, 0.29) is 0 Å². The summed E-state index contributed by atoms with van der Waals surface area (Å²) in [7, 11) is 0. The average molecular weight is 286 g/mol. The number of hydrogen-bond acceptors (Lipinski definition) is 3. The van der Waals surface area contributed by atoms with Crippen LogP contribution in [0.5, 0.6) is 5.75 Å². The molecule has 0 atom stereocenters. The fraction of sp³-hybridized carbons (Fsp3) is 0.429. The fourth-order valence-corrected chi connectivity index (χ4v) is 2.28. The van der Waals surface area contributed by atoms with Crippen molar-refractivity contribution in [1.82, 2.24) is 4.90 Å². The molecule has 3 nitrogen and oxygen atoms in total. The zero-order valence-corrected chi connectivity index (χ0v) is 11.1. The Morgan fingerprint density at radius 3 is 2.55 bits per heavy atom. The number of benzene rings is 1. The SMILES string of the molecule is C=CCN1CCN(c2cccc(OC(F)F)c2F)CC1. The van der Waals surface area contributed by atoms with Gasteiger partial charge in [-0.05, 0) is 12.1 Å².